The van der Waals surface area contributed by atoms with E-state index >= 15 is 0 Å². The predicted octanol–water partition coefficient (Wildman–Crippen LogP) is 0.839. The second-order valence-corrected chi connectivity index (χ2v) is 4.80. The van der Waals surface area contributed by atoms with Crippen molar-refractivity contribution in [2.24, 2.45) is 5.73 Å². The summed E-state index contributed by atoms with van der Waals surface area (Å²) >= 11 is 4.99. The van der Waals surface area contributed by atoms with Gasteiger partial charge in [-0.25, -0.2) is 9.97 Å². The lowest BCUT2D eigenvalue weighted by atomic mass is 10.2. The highest BCUT2D eigenvalue weighted by Crippen LogP contribution is 2.17. The van der Waals surface area contributed by atoms with E-state index in [4.69, 9.17) is 22.7 Å². The minimum Gasteiger partial charge on any atom is -0.391 e. The van der Waals surface area contributed by atoms with Crippen LogP contribution in [-0.4, -0.2) is 40.8 Å². The molecule has 0 bridgehead atoms. The molecule has 0 amide bonds. The van der Waals surface area contributed by atoms with Gasteiger partial charge in [0.1, 0.15) is 22.7 Å². The number of aryl methyl sites for hydroxylation is 2. The summed E-state index contributed by atoms with van der Waals surface area (Å²) < 4.78 is 5.53. The Labute approximate surface area is 112 Å². The SMILES string of the molecule is CCc1cc(N2CCOC(C(N)=S)C2)nc(C)n1. The third kappa shape index (κ3) is 2.94. The van der Waals surface area contributed by atoms with Crippen LogP contribution in [0.3, 0.4) is 0 Å². The number of aromatic nitrogens is 2. The summed E-state index contributed by atoms with van der Waals surface area (Å²) in [6.45, 7) is 6.08. The molecule has 1 fully saturated rings. The number of morpholine rings is 1. The fourth-order valence-corrected chi connectivity index (χ4v) is 2.13. The maximum Gasteiger partial charge on any atom is 0.132 e. The van der Waals surface area contributed by atoms with Crippen LogP contribution in [0, 0.1) is 6.92 Å². The van der Waals surface area contributed by atoms with Gasteiger partial charge in [0.25, 0.3) is 0 Å². The van der Waals surface area contributed by atoms with Crippen LogP contribution in [0.15, 0.2) is 6.07 Å². The molecule has 0 saturated carbocycles. The third-order valence-corrected chi connectivity index (χ3v) is 3.21. The molecular formula is C12H18N4OS. The lowest BCUT2D eigenvalue weighted by molar-refractivity contribution is 0.0844. The molecule has 1 aliphatic heterocycles. The van der Waals surface area contributed by atoms with Gasteiger partial charge in [0.05, 0.1) is 13.2 Å². The molecule has 0 aromatic carbocycles. The van der Waals surface area contributed by atoms with E-state index in [-0.39, 0.29) is 6.10 Å². The molecule has 1 unspecified atom stereocenters. The van der Waals surface area contributed by atoms with Gasteiger partial charge in [-0.15, -0.1) is 0 Å². The van der Waals surface area contributed by atoms with Gasteiger partial charge in [0, 0.05) is 18.3 Å². The number of rotatable bonds is 3. The molecule has 0 spiro atoms. The van der Waals surface area contributed by atoms with Crippen LogP contribution in [0.1, 0.15) is 18.4 Å². The van der Waals surface area contributed by atoms with Gasteiger partial charge in [-0.1, -0.05) is 19.1 Å². The van der Waals surface area contributed by atoms with Gasteiger partial charge in [0.15, 0.2) is 0 Å². The van der Waals surface area contributed by atoms with Gasteiger partial charge in [0.2, 0.25) is 0 Å². The second kappa shape index (κ2) is 5.58. The van der Waals surface area contributed by atoms with Crippen LogP contribution >= 0.6 is 12.2 Å². The van der Waals surface area contributed by atoms with Gasteiger partial charge in [-0.05, 0) is 13.3 Å². The molecule has 1 saturated heterocycles. The highest BCUT2D eigenvalue weighted by molar-refractivity contribution is 7.80. The van der Waals surface area contributed by atoms with E-state index in [0.717, 1.165) is 30.3 Å². The molecule has 6 heteroatoms. The lowest BCUT2D eigenvalue weighted by Crippen LogP contribution is -2.48. The second-order valence-electron chi connectivity index (χ2n) is 4.33. The van der Waals surface area contributed by atoms with E-state index in [1.54, 1.807) is 0 Å². The first kappa shape index (κ1) is 13.2. The van der Waals surface area contributed by atoms with Crippen LogP contribution in [0.2, 0.25) is 0 Å². The molecule has 2 N–H and O–H groups in total. The smallest absolute Gasteiger partial charge is 0.132 e. The van der Waals surface area contributed by atoms with Crippen LogP contribution in [0.5, 0.6) is 0 Å². The normalized spacial score (nSPS) is 19.9. The topological polar surface area (TPSA) is 64.3 Å². The van der Waals surface area contributed by atoms with Crippen molar-refractivity contribution in [3.63, 3.8) is 0 Å². The van der Waals surface area contributed by atoms with E-state index in [9.17, 15) is 0 Å². The highest BCUT2D eigenvalue weighted by atomic mass is 32.1. The van der Waals surface area contributed by atoms with E-state index in [0.29, 0.717) is 18.1 Å². The van der Waals surface area contributed by atoms with Crippen LogP contribution in [0.4, 0.5) is 5.82 Å². The van der Waals surface area contributed by atoms with Crippen molar-refractivity contribution in [1.29, 1.82) is 0 Å². The Morgan fingerprint density at radius 1 is 1.61 bits per heavy atom. The van der Waals surface area contributed by atoms with E-state index in [2.05, 4.69) is 21.8 Å². The van der Waals surface area contributed by atoms with Crippen LogP contribution in [0.25, 0.3) is 0 Å². The molecule has 1 aromatic heterocycles. The summed E-state index contributed by atoms with van der Waals surface area (Å²) in [5, 5.41) is 0. The van der Waals surface area contributed by atoms with Crippen molar-refractivity contribution < 1.29 is 4.74 Å². The first-order valence-corrected chi connectivity index (χ1v) is 6.51. The monoisotopic (exact) mass is 266 g/mol. The van der Waals surface area contributed by atoms with E-state index in [1.165, 1.54) is 0 Å². The number of nitrogens with zero attached hydrogens (tertiary/aromatic N) is 3. The number of nitrogens with two attached hydrogens (primary N) is 1. The minimum atomic E-state index is -0.186. The van der Waals surface area contributed by atoms with Crippen molar-refractivity contribution in [3.8, 4) is 0 Å². The maximum absolute atomic E-state index is 5.64. The minimum absolute atomic E-state index is 0.186. The summed E-state index contributed by atoms with van der Waals surface area (Å²) in [4.78, 5) is 11.4. The van der Waals surface area contributed by atoms with Crippen molar-refractivity contribution >= 4 is 23.0 Å². The zero-order valence-electron chi connectivity index (χ0n) is 10.7. The Morgan fingerprint density at radius 3 is 3.06 bits per heavy atom. The predicted molar refractivity (Wildman–Crippen MR) is 74.9 cm³/mol. The molecule has 18 heavy (non-hydrogen) atoms. The molecular weight excluding hydrogens is 248 g/mol. The number of ether oxygens (including phenoxy) is 1. The van der Waals surface area contributed by atoms with E-state index in [1.807, 2.05) is 13.0 Å². The number of hydrogen-bond donors (Lipinski definition) is 1. The van der Waals surface area contributed by atoms with Gasteiger partial charge in [-0.3, -0.25) is 0 Å². The van der Waals surface area contributed by atoms with Crippen molar-refractivity contribution in [1.82, 2.24) is 9.97 Å². The fourth-order valence-electron chi connectivity index (χ4n) is 1.98. The Bertz CT molecular complexity index is 452. The highest BCUT2D eigenvalue weighted by Gasteiger charge is 2.23. The number of anilines is 1. The average Bonchev–Trinajstić information content (AvgIpc) is 2.38. The van der Waals surface area contributed by atoms with Crippen molar-refractivity contribution in [2.45, 2.75) is 26.4 Å². The van der Waals surface area contributed by atoms with Gasteiger partial charge >= 0.3 is 0 Å². The summed E-state index contributed by atoms with van der Waals surface area (Å²) in [5.41, 5.74) is 6.69. The van der Waals surface area contributed by atoms with E-state index < -0.39 is 0 Å². The quantitative estimate of drug-likeness (QED) is 0.818. The van der Waals surface area contributed by atoms with Gasteiger partial charge < -0.3 is 15.4 Å². The summed E-state index contributed by atoms with van der Waals surface area (Å²) in [6, 6.07) is 2.02. The first-order chi connectivity index (χ1) is 8.60. The number of hydrogen-bond acceptors (Lipinski definition) is 5. The molecule has 98 valence electrons. The molecule has 0 radical (unpaired) electrons. The molecule has 0 aliphatic carbocycles. The Morgan fingerprint density at radius 2 is 2.39 bits per heavy atom. The Balaban J connectivity index is 2.20. The largest absolute Gasteiger partial charge is 0.391 e. The van der Waals surface area contributed by atoms with Gasteiger partial charge in [-0.2, -0.15) is 0 Å². The lowest BCUT2D eigenvalue weighted by Gasteiger charge is -2.33. The summed E-state index contributed by atoms with van der Waals surface area (Å²) in [5.74, 6) is 1.73. The summed E-state index contributed by atoms with van der Waals surface area (Å²) in [6.07, 6.45) is 0.716. The third-order valence-electron chi connectivity index (χ3n) is 2.95. The molecule has 5 nitrogen and oxygen atoms in total. The first-order valence-electron chi connectivity index (χ1n) is 6.10. The molecule has 1 aromatic rings. The van der Waals surface area contributed by atoms with Crippen molar-refractivity contribution in [3.05, 3.63) is 17.6 Å². The van der Waals surface area contributed by atoms with Crippen LogP contribution < -0.4 is 10.6 Å². The average molecular weight is 266 g/mol. The number of thiocarbonyl (C=S) groups is 1. The molecule has 1 atom stereocenters. The standard InChI is InChI=1S/C12H18N4OS/c1-3-9-6-11(15-8(2)14-9)16-4-5-17-10(7-16)12(13)18/h6,10H,3-5,7H2,1-2H3,(H2,13,18). The Kier molecular flexibility index (Phi) is 4.08. The zero-order chi connectivity index (χ0) is 13.1. The fraction of sp³-hybridized carbons (Fsp3) is 0.583. The van der Waals surface area contributed by atoms with Crippen LogP contribution in [-0.2, 0) is 11.2 Å². The molecule has 2 heterocycles. The maximum atomic E-state index is 5.64. The molecule has 1 aliphatic rings. The zero-order valence-corrected chi connectivity index (χ0v) is 11.5. The Hall–Kier alpha value is -1.27. The summed E-state index contributed by atoms with van der Waals surface area (Å²) in [7, 11) is 0. The van der Waals surface area contributed by atoms with Crippen molar-refractivity contribution in [2.75, 3.05) is 24.6 Å². The molecule has 2 rings (SSSR count).